The highest BCUT2D eigenvalue weighted by atomic mass is 16.5. The molecule has 202 valence electrons. The van der Waals surface area contributed by atoms with Crippen LogP contribution in [-0.4, -0.2) is 60.1 Å². The number of aryl methyl sites for hydroxylation is 1. The molecule has 5 N–H and O–H groups in total. The van der Waals surface area contributed by atoms with Crippen molar-refractivity contribution >= 4 is 17.6 Å². The minimum absolute atomic E-state index is 0.0321. The number of phenols is 1. The Morgan fingerprint density at radius 1 is 1.00 bits per heavy atom. The summed E-state index contributed by atoms with van der Waals surface area (Å²) in [4.78, 5) is 24.9. The average Bonchev–Trinajstić information content (AvgIpc) is 3.24. The summed E-state index contributed by atoms with van der Waals surface area (Å²) in [5.74, 6) is -0.192. The van der Waals surface area contributed by atoms with Gasteiger partial charge < -0.3 is 30.7 Å². The summed E-state index contributed by atoms with van der Waals surface area (Å²) in [7, 11) is 0. The first-order valence-corrected chi connectivity index (χ1v) is 13.1. The molecule has 1 fully saturated rings. The van der Waals surface area contributed by atoms with Gasteiger partial charge in [-0.1, -0.05) is 24.6 Å². The molecular formula is C28H39N3O6. The molecule has 0 aliphatic carbocycles. The lowest BCUT2D eigenvalue weighted by Crippen LogP contribution is -2.30. The maximum absolute atomic E-state index is 11.9. The predicted octanol–water partition coefficient (Wildman–Crippen LogP) is 3.16. The third-order valence-electron chi connectivity index (χ3n) is 6.40. The summed E-state index contributed by atoms with van der Waals surface area (Å²) in [6.45, 7) is 2.51. The SMILES string of the molecule is O=C1CNC(=O)N1c1cccc(CCCCCOCCCCCNC[C@@H](O)c2ccc(O)c(CO)c2)c1. The number of hydrogen-bond donors (Lipinski definition) is 5. The van der Waals surface area contributed by atoms with E-state index in [0.717, 1.165) is 70.3 Å². The second-order valence-corrected chi connectivity index (χ2v) is 9.31. The molecule has 37 heavy (non-hydrogen) atoms. The van der Waals surface area contributed by atoms with Crippen molar-refractivity contribution in [3.05, 3.63) is 59.2 Å². The van der Waals surface area contributed by atoms with E-state index in [1.807, 2.05) is 18.2 Å². The smallest absolute Gasteiger partial charge is 0.329 e. The van der Waals surface area contributed by atoms with Gasteiger partial charge in [0.05, 0.1) is 24.9 Å². The molecule has 1 heterocycles. The molecule has 0 bridgehead atoms. The lowest BCUT2D eigenvalue weighted by atomic mass is 10.1. The second kappa shape index (κ2) is 15.3. The Labute approximate surface area is 218 Å². The van der Waals surface area contributed by atoms with E-state index in [2.05, 4.69) is 10.6 Å². The van der Waals surface area contributed by atoms with Crippen LogP contribution in [0.3, 0.4) is 0 Å². The van der Waals surface area contributed by atoms with Crippen LogP contribution in [0, 0.1) is 0 Å². The number of nitrogens with zero attached hydrogens (tertiary/aromatic N) is 1. The van der Waals surface area contributed by atoms with Gasteiger partial charge in [0.2, 0.25) is 0 Å². The molecule has 9 heteroatoms. The molecule has 0 aromatic heterocycles. The maximum Gasteiger partial charge on any atom is 0.329 e. The van der Waals surface area contributed by atoms with Crippen LogP contribution in [0.15, 0.2) is 42.5 Å². The van der Waals surface area contributed by atoms with Gasteiger partial charge in [-0.05, 0) is 80.5 Å². The zero-order valence-electron chi connectivity index (χ0n) is 21.3. The van der Waals surface area contributed by atoms with E-state index < -0.39 is 6.10 Å². The topological polar surface area (TPSA) is 131 Å². The number of aliphatic hydroxyl groups is 2. The van der Waals surface area contributed by atoms with Crippen molar-refractivity contribution in [3.63, 3.8) is 0 Å². The molecule has 0 saturated carbocycles. The van der Waals surface area contributed by atoms with Crippen LogP contribution < -0.4 is 15.5 Å². The quantitative estimate of drug-likeness (QED) is 0.162. The molecule has 0 radical (unpaired) electrons. The number of aromatic hydroxyl groups is 1. The summed E-state index contributed by atoms with van der Waals surface area (Å²) in [5.41, 5.74) is 2.82. The Morgan fingerprint density at radius 3 is 2.51 bits per heavy atom. The highest BCUT2D eigenvalue weighted by Gasteiger charge is 2.29. The summed E-state index contributed by atoms with van der Waals surface area (Å²) >= 11 is 0. The molecule has 0 unspecified atom stereocenters. The third kappa shape index (κ3) is 9.12. The molecule has 1 aliphatic heterocycles. The van der Waals surface area contributed by atoms with E-state index in [9.17, 15) is 24.9 Å². The molecular weight excluding hydrogens is 474 g/mol. The molecule has 2 aromatic carbocycles. The Hall–Kier alpha value is -2.98. The number of anilines is 1. The number of urea groups is 1. The molecule has 0 spiro atoms. The third-order valence-corrected chi connectivity index (χ3v) is 6.40. The molecule has 3 amide bonds. The number of aliphatic hydroxyl groups excluding tert-OH is 2. The van der Waals surface area contributed by atoms with Gasteiger partial charge in [0, 0.05) is 25.3 Å². The standard InChI is InChI=1S/C28H39N3O6/c32-20-23-17-22(11-12-25(23)33)26(34)18-29-13-4-2-6-15-37-14-5-1-3-8-21-9-7-10-24(16-21)31-27(35)19-30-28(31)36/h7,9-12,16-17,26,29,32-34H,1-6,8,13-15,18-20H2,(H,30,36)/t26-/m1/s1. The lowest BCUT2D eigenvalue weighted by molar-refractivity contribution is -0.115. The van der Waals surface area contributed by atoms with E-state index in [0.29, 0.717) is 23.4 Å². The van der Waals surface area contributed by atoms with Crippen molar-refractivity contribution < 1.29 is 29.6 Å². The first kappa shape index (κ1) is 28.6. The largest absolute Gasteiger partial charge is 0.508 e. The average molecular weight is 514 g/mol. The summed E-state index contributed by atoms with van der Waals surface area (Å²) < 4.78 is 5.74. The van der Waals surface area contributed by atoms with E-state index >= 15 is 0 Å². The number of nitrogens with one attached hydrogen (secondary N) is 2. The molecule has 2 aromatic rings. The van der Waals surface area contributed by atoms with Crippen molar-refractivity contribution in [1.82, 2.24) is 10.6 Å². The first-order valence-electron chi connectivity index (χ1n) is 13.1. The minimum atomic E-state index is -0.686. The van der Waals surface area contributed by atoms with Crippen LogP contribution >= 0.6 is 0 Å². The highest BCUT2D eigenvalue weighted by Crippen LogP contribution is 2.22. The van der Waals surface area contributed by atoms with Crippen LogP contribution in [0.1, 0.15) is 61.3 Å². The fourth-order valence-corrected chi connectivity index (χ4v) is 4.27. The first-order chi connectivity index (χ1) is 18.0. The minimum Gasteiger partial charge on any atom is -0.508 e. The van der Waals surface area contributed by atoms with E-state index in [4.69, 9.17) is 4.74 Å². The Kier molecular flexibility index (Phi) is 11.8. The fraction of sp³-hybridized carbons (Fsp3) is 0.500. The number of carbonyl (C=O) groups excluding carboxylic acids is 2. The Morgan fingerprint density at radius 2 is 1.78 bits per heavy atom. The van der Waals surface area contributed by atoms with Gasteiger partial charge in [0.25, 0.3) is 5.91 Å². The summed E-state index contributed by atoms with van der Waals surface area (Å²) in [6, 6.07) is 12.0. The van der Waals surface area contributed by atoms with Crippen LogP contribution in [0.5, 0.6) is 5.75 Å². The monoisotopic (exact) mass is 513 g/mol. The van der Waals surface area contributed by atoms with Crippen LogP contribution in [0.25, 0.3) is 0 Å². The zero-order valence-corrected chi connectivity index (χ0v) is 21.3. The van der Waals surface area contributed by atoms with Gasteiger partial charge in [-0.25, -0.2) is 9.69 Å². The van der Waals surface area contributed by atoms with Gasteiger partial charge in [-0.15, -0.1) is 0 Å². The second-order valence-electron chi connectivity index (χ2n) is 9.31. The van der Waals surface area contributed by atoms with Crippen molar-refractivity contribution in [2.75, 3.05) is 37.7 Å². The van der Waals surface area contributed by atoms with Crippen molar-refractivity contribution in [3.8, 4) is 5.75 Å². The van der Waals surface area contributed by atoms with Gasteiger partial charge in [0.15, 0.2) is 0 Å². The number of hydrogen-bond acceptors (Lipinski definition) is 7. The highest BCUT2D eigenvalue weighted by molar-refractivity contribution is 6.19. The van der Waals surface area contributed by atoms with E-state index in [1.54, 1.807) is 18.2 Å². The Bertz CT molecular complexity index is 999. The number of ether oxygens (including phenoxy) is 1. The van der Waals surface area contributed by atoms with Crippen molar-refractivity contribution in [2.24, 2.45) is 0 Å². The zero-order chi connectivity index (χ0) is 26.5. The Balaban J connectivity index is 1.16. The maximum atomic E-state index is 11.9. The van der Waals surface area contributed by atoms with Crippen LogP contribution in [0.2, 0.25) is 0 Å². The fourth-order valence-electron chi connectivity index (χ4n) is 4.27. The molecule has 1 atom stereocenters. The van der Waals surface area contributed by atoms with E-state index in [1.165, 1.54) is 11.0 Å². The molecule has 3 rings (SSSR count). The van der Waals surface area contributed by atoms with Crippen molar-refractivity contribution in [2.45, 2.75) is 57.7 Å². The van der Waals surface area contributed by atoms with Gasteiger partial charge in [-0.3, -0.25) is 4.79 Å². The number of carbonyl (C=O) groups is 2. The van der Waals surface area contributed by atoms with Crippen LogP contribution in [-0.2, 0) is 22.6 Å². The molecule has 1 aliphatic rings. The molecule has 9 nitrogen and oxygen atoms in total. The van der Waals surface area contributed by atoms with Crippen LogP contribution in [0.4, 0.5) is 10.5 Å². The normalized spacial score (nSPS) is 14.3. The lowest BCUT2D eigenvalue weighted by Gasteiger charge is -2.14. The number of benzene rings is 2. The number of unbranched alkanes of at least 4 members (excludes halogenated alkanes) is 4. The van der Waals surface area contributed by atoms with Gasteiger partial charge in [-0.2, -0.15) is 0 Å². The van der Waals surface area contributed by atoms with Crippen molar-refractivity contribution in [1.29, 1.82) is 0 Å². The predicted molar refractivity (Wildman–Crippen MR) is 141 cm³/mol. The summed E-state index contributed by atoms with van der Waals surface area (Å²) in [6.07, 6.45) is 6.33. The van der Waals surface area contributed by atoms with Gasteiger partial charge >= 0.3 is 6.03 Å². The van der Waals surface area contributed by atoms with E-state index in [-0.39, 0.29) is 30.8 Å². The number of imide groups is 1. The summed E-state index contributed by atoms with van der Waals surface area (Å²) in [5, 5.41) is 34.9. The number of rotatable bonds is 17. The number of amides is 3. The molecule has 1 saturated heterocycles. The van der Waals surface area contributed by atoms with Gasteiger partial charge in [0.1, 0.15) is 5.75 Å².